The van der Waals surface area contributed by atoms with Crippen LogP contribution < -0.4 is 4.74 Å². The molecule has 0 saturated carbocycles. The second-order valence-corrected chi connectivity index (χ2v) is 19.2. The van der Waals surface area contributed by atoms with Crippen LogP contribution in [0.4, 0.5) is 0 Å². The Morgan fingerprint density at radius 2 is 0.746 bits per heavy atom. The lowest BCUT2D eigenvalue weighted by Gasteiger charge is -2.32. The van der Waals surface area contributed by atoms with Crippen LogP contribution in [-0.4, -0.2) is 12.2 Å². The van der Waals surface area contributed by atoms with Gasteiger partial charge in [-0.2, -0.15) is 0 Å². The number of methoxy groups -OCH3 is 1. The molecule has 0 spiro atoms. The molecule has 0 aliphatic heterocycles. The lowest BCUT2D eigenvalue weighted by molar-refractivity contribution is 0.283. The summed E-state index contributed by atoms with van der Waals surface area (Å²) in [6.45, 7) is 38.2. The minimum Gasteiger partial charge on any atom is -0.495 e. The Balaban J connectivity index is 1.78. The molecule has 6 aromatic carbocycles. The highest BCUT2D eigenvalue weighted by atomic mass is 16.5. The van der Waals surface area contributed by atoms with E-state index in [1.807, 2.05) is 7.11 Å². The molecule has 6 aromatic rings. The highest BCUT2D eigenvalue weighted by Crippen LogP contribution is 2.49. The first-order chi connectivity index (χ1) is 27.5. The van der Waals surface area contributed by atoms with Crippen molar-refractivity contribution in [3.8, 4) is 50.3 Å². The fourth-order valence-electron chi connectivity index (χ4n) is 9.44. The normalized spacial score (nSPS) is 12.1. The second kappa shape index (κ2) is 15.9. The summed E-state index contributed by atoms with van der Waals surface area (Å²) in [6.07, 6.45) is 0. The Labute approximate surface area is 356 Å². The lowest BCUT2D eigenvalue weighted by atomic mass is 9.72. The predicted molar refractivity (Wildman–Crippen MR) is 255 cm³/mol. The van der Waals surface area contributed by atoms with Crippen LogP contribution in [-0.2, 0) is 17.4 Å². The average Bonchev–Trinajstić information content (AvgIpc) is 3.18. The van der Waals surface area contributed by atoms with Gasteiger partial charge in [-0.25, -0.2) is 0 Å². The van der Waals surface area contributed by atoms with Crippen LogP contribution in [0.1, 0.15) is 124 Å². The molecule has 59 heavy (non-hydrogen) atoms. The number of aliphatic hydroxyl groups excluding tert-OH is 1. The van der Waals surface area contributed by atoms with Crippen molar-refractivity contribution >= 4 is 0 Å². The summed E-state index contributed by atoms with van der Waals surface area (Å²) >= 11 is 0. The molecule has 2 nitrogen and oxygen atoms in total. The SMILES string of the molecule is COc1c(-c2ccc(C(C)(C)C)cc2)cc(C(C)(C)c2cc(-c3c(C)c(C)cc(C)c3C)c(CO)c(-c3c(C)c(C)cc(C)c3C)c2)cc1-c1c(C)c(C)cc(C)c1C. The van der Waals surface area contributed by atoms with Gasteiger partial charge in [0.05, 0.1) is 13.7 Å². The summed E-state index contributed by atoms with van der Waals surface area (Å²) in [7, 11) is 1.82. The fraction of sp³-hybridized carbons (Fsp3) is 0.368. The molecule has 0 bridgehead atoms. The van der Waals surface area contributed by atoms with Crippen LogP contribution in [0.3, 0.4) is 0 Å². The molecule has 0 atom stereocenters. The van der Waals surface area contributed by atoms with E-state index >= 15 is 0 Å². The van der Waals surface area contributed by atoms with Crippen molar-refractivity contribution in [1.29, 1.82) is 0 Å². The Bertz CT molecular complexity index is 2460. The Hall–Kier alpha value is -4.92. The first-order valence-electron chi connectivity index (χ1n) is 21.4. The van der Waals surface area contributed by atoms with Gasteiger partial charge in [0, 0.05) is 16.5 Å². The van der Waals surface area contributed by atoms with Crippen LogP contribution in [0.25, 0.3) is 44.5 Å². The van der Waals surface area contributed by atoms with E-state index in [1.165, 1.54) is 100 Å². The molecule has 0 fully saturated rings. The zero-order valence-electron chi connectivity index (χ0n) is 39.4. The van der Waals surface area contributed by atoms with Crippen molar-refractivity contribution in [2.75, 3.05) is 7.11 Å². The fourth-order valence-corrected chi connectivity index (χ4v) is 9.44. The Morgan fingerprint density at radius 3 is 1.07 bits per heavy atom. The molecular weight excluding hydrogens is 717 g/mol. The van der Waals surface area contributed by atoms with Gasteiger partial charge in [-0.1, -0.05) is 77.1 Å². The number of ether oxygens (including phenoxy) is 1. The van der Waals surface area contributed by atoms with Gasteiger partial charge >= 0.3 is 0 Å². The first-order valence-corrected chi connectivity index (χ1v) is 21.4. The van der Waals surface area contributed by atoms with Crippen LogP contribution in [0.5, 0.6) is 5.75 Å². The van der Waals surface area contributed by atoms with Crippen LogP contribution >= 0.6 is 0 Å². The molecule has 0 aliphatic rings. The van der Waals surface area contributed by atoms with Crippen LogP contribution in [0.15, 0.2) is 66.7 Å². The van der Waals surface area contributed by atoms with Crippen molar-refractivity contribution in [2.45, 2.75) is 135 Å². The number of benzene rings is 6. The third kappa shape index (κ3) is 7.59. The molecule has 0 radical (unpaired) electrons. The van der Waals surface area contributed by atoms with Crippen molar-refractivity contribution in [3.63, 3.8) is 0 Å². The van der Waals surface area contributed by atoms with E-state index in [2.05, 4.69) is 184 Å². The summed E-state index contributed by atoms with van der Waals surface area (Å²) in [5.41, 5.74) is 28.7. The predicted octanol–water partition coefficient (Wildman–Crippen LogP) is 15.2. The third-order valence-corrected chi connectivity index (χ3v) is 14.1. The molecule has 1 N–H and O–H groups in total. The molecule has 0 heterocycles. The minimum absolute atomic E-state index is 0.0418. The molecule has 6 rings (SSSR count). The smallest absolute Gasteiger partial charge is 0.134 e. The van der Waals surface area contributed by atoms with Gasteiger partial charge in [-0.15, -0.1) is 0 Å². The Morgan fingerprint density at radius 1 is 0.424 bits per heavy atom. The van der Waals surface area contributed by atoms with Crippen molar-refractivity contribution in [3.05, 3.63) is 156 Å². The van der Waals surface area contributed by atoms with E-state index in [0.29, 0.717) is 0 Å². The largest absolute Gasteiger partial charge is 0.495 e. The highest BCUT2D eigenvalue weighted by Gasteiger charge is 2.31. The molecule has 0 amide bonds. The molecule has 0 unspecified atom stereocenters. The maximum atomic E-state index is 11.5. The zero-order valence-corrected chi connectivity index (χ0v) is 39.4. The van der Waals surface area contributed by atoms with Gasteiger partial charge in [0.15, 0.2) is 0 Å². The lowest BCUT2D eigenvalue weighted by Crippen LogP contribution is -2.21. The topological polar surface area (TPSA) is 29.5 Å². The first kappa shape index (κ1) is 43.7. The maximum Gasteiger partial charge on any atom is 0.134 e. The van der Waals surface area contributed by atoms with Crippen LogP contribution in [0, 0.1) is 83.1 Å². The maximum absolute atomic E-state index is 11.5. The standard InChI is InChI=1S/C57H68O2/c1-31-23-32(2)38(8)52(37(31)7)48-27-46(28-49(51(48)30-58)53-39(9)33(3)24-34(4)40(53)10)57(16,17)45-26-47(43-19-21-44(22-20-43)56(13,14)15)55(59-18)50(29-45)54-41(11)35(5)25-36(6)42(54)12/h19-29,58H,30H2,1-18H3. The average molecular weight is 785 g/mol. The summed E-state index contributed by atoms with van der Waals surface area (Å²) in [5, 5.41) is 11.5. The van der Waals surface area contributed by atoms with Crippen molar-refractivity contribution in [1.82, 2.24) is 0 Å². The van der Waals surface area contributed by atoms with Gasteiger partial charge in [-0.3, -0.25) is 0 Å². The molecule has 308 valence electrons. The number of hydrogen-bond donors (Lipinski definition) is 1. The quantitative estimate of drug-likeness (QED) is 0.167. The summed E-state index contributed by atoms with van der Waals surface area (Å²) in [4.78, 5) is 0. The van der Waals surface area contributed by atoms with Crippen LogP contribution in [0.2, 0.25) is 0 Å². The minimum atomic E-state index is -0.472. The van der Waals surface area contributed by atoms with Crippen molar-refractivity contribution in [2.24, 2.45) is 0 Å². The Kier molecular flexibility index (Phi) is 11.8. The molecule has 0 aromatic heterocycles. The zero-order chi connectivity index (χ0) is 43.6. The number of rotatable bonds is 8. The van der Waals surface area contributed by atoms with E-state index in [1.54, 1.807) is 0 Å². The van der Waals surface area contributed by atoms with E-state index in [0.717, 1.165) is 39.1 Å². The number of aliphatic hydroxyl groups is 1. The van der Waals surface area contributed by atoms with Gasteiger partial charge in [0.25, 0.3) is 0 Å². The second-order valence-electron chi connectivity index (χ2n) is 19.2. The third-order valence-electron chi connectivity index (χ3n) is 14.1. The monoisotopic (exact) mass is 785 g/mol. The summed E-state index contributed by atoms with van der Waals surface area (Å²) in [5.74, 6) is 0.893. The van der Waals surface area contributed by atoms with Gasteiger partial charge in [0.1, 0.15) is 5.75 Å². The van der Waals surface area contributed by atoms with E-state index < -0.39 is 5.41 Å². The van der Waals surface area contributed by atoms with E-state index in [-0.39, 0.29) is 12.0 Å². The van der Waals surface area contributed by atoms with Gasteiger partial charge < -0.3 is 9.84 Å². The van der Waals surface area contributed by atoms with Gasteiger partial charge in [0.2, 0.25) is 0 Å². The molecule has 0 aliphatic carbocycles. The van der Waals surface area contributed by atoms with Gasteiger partial charge in [-0.05, 0) is 235 Å². The van der Waals surface area contributed by atoms with E-state index in [4.69, 9.17) is 4.74 Å². The number of aryl methyl sites for hydroxylation is 6. The molecule has 0 saturated heterocycles. The van der Waals surface area contributed by atoms with E-state index in [9.17, 15) is 5.11 Å². The highest BCUT2D eigenvalue weighted by molar-refractivity contribution is 5.89. The summed E-state index contributed by atoms with van der Waals surface area (Å²) < 4.78 is 6.50. The number of hydrogen-bond acceptors (Lipinski definition) is 2. The molecule has 2 heteroatoms. The molecular formula is C57H68O2. The van der Waals surface area contributed by atoms with Crippen molar-refractivity contribution < 1.29 is 9.84 Å². The summed E-state index contributed by atoms with van der Waals surface area (Å²) in [6, 6.07) is 25.5.